The van der Waals surface area contributed by atoms with Crippen molar-refractivity contribution in [1.29, 1.82) is 0 Å². The number of ether oxygens (including phenoxy) is 1. The number of benzene rings is 2. The third-order valence-electron chi connectivity index (χ3n) is 5.59. The molecule has 2 heterocycles. The monoisotopic (exact) mass is 460 g/mol. The van der Waals surface area contributed by atoms with Crippen molar-refractivity contribution in [3.8, 4) is 18.6 Å². The molecule has 0 spiro atoms. The third-order valence-corrected chi connectivity index (χ3v) is 5.59. The summed E-state index contributed by atoms with van der Waals surface area (Å²) in [5.41, 5.74) is -0.179. The van der Waals surface area contributed by atoms with E-state index >= 15 is 8.78 Å². The molecule has 1 aliphatic heterocycles. The number of rotatable bonds is 6. The molecule has 7 heteroatoms. The fourth-order valence-electron chi connectivity index (χ4n) is 4.43. The highest BCUT2D eigenvalue weighted by Gasteiger charge is 2.38. The zero-order valence-corrected chi connectivity index (χ0v) is 19.0. The van der Waals surface area contributed by atoms with Gasteiger partial charge in [0.1, 0.15) is 28.9 Å². The van der Waals surface area contributed by atoms with E-state index in [0.29, 0.717) is 42.6 Å². The van der Waals surface area contributed by atoms with Crippen molar-refractivity contribution in [2.75, 3.05) is 19.7 Å². The minimum Gasteiger partial charge on any atom is -0.493 e. The summed E-state index contributed by atoms with van der Waals surface area (Å²) < 4.78 is 64.9. The molecule has 3 nitrogen and oxygen atoms in total. The number of aromatic nitrogens is 1. The zero-order valence-electron chi connectivity index (χ0n) is 19.0. The maximum absolute atomic E-state index is 15.2. The largest absolute Gasteiger partial charge is 0.493 e. The number of hydrogen-bond donors (Lipinski definition) is 1. The molecular weight excluding hydrogens is 432 g/mol. The van der Waals surface area contributed by atoms with Gasteiger partial charge in [0.25, 0.3) is 0 Å². The number of nitrogens with zero attached hydrogens (tertiary/aromatic N) is 1. The van der Waals surface area contributed by atoms with Gasteiger partial charge in [-0.15, -0.1) is 12.8 Å². The minimum atomic E-state index is -1.58. The summed E-state index contributed by atoms with van der Waals surface area (Å²) in [7, 11) is 0. The summed E-state index contributed by atoms with van der Waals surface area (Å²) in [5, 5.41) is 0.683. The molecule has 176 valence electrons. The van der Waals surface area contributed by atoms with Crippen molar-refractivity contribution in [2.24, 2.45) is 0 Å². The summed E-state index contributed by atoms with van der Waals surface area (Å²) in [6.07, 6.45) is 9.23. The lowest BCUT2D eigenvalue weighted by Crippen LogP contribution is -2.43. The topological polar surface area (TPSA) is 28.3 Å². The molecule has 33 heavy (non-hydrogen) atoms. The number of alkyl halides is 1. The molecule has 1 N–H and O–H groups in total. The van der Waals surface area contributed by atoms with Crippen LogP contribution in [0.4, 0.5) is 17.6 Å². The second-order valence-electron chi connectivity index (χ2n) is 8.67. The Bertz CT molecular complexity index is 1120. The van der Waals surface area contributed by atoms with E-state index in [-0.39, 0.29) is 17.9 Å². The highest BCUT2D eigenvalue weighted by Crippen LogP contribution is 2.42. The highest BCUT2D eigenvalue weighted by molar-refractivity contribution is 5.86. The number of hydrogen-bond acceptors (Lipinski definition) is 2. The van der Waals surface area contributed by atoms with Crippen LogP contribution < -0.4 is 4.74 Å². The van der Waals surface area contributed by atoms with Crippen molar-refractivity contribution in [2.45, 2.75) is 45.3 Å². The Morgan fingerprint density at radius 3 is 2.39 bits per heavy atom. The zero-order chi connectivity index (χ0) is 24.3. The number of nitrogens with one attached hydrogen (secondary N) is 1. The first kappa shape index (κ1) is 24.7. The van der Waals surface area contributed by atoms with Gasteiger partial charge in [0.05, 0.1) is 18.2 Å². The smallest absolute Gasteiger partial charge is 0.147 e. The van der Waals surface area contributed by atoms with E-state index in [1.54, 1.807) is 17.0 Å². The van der Waals surface area contributed by atoms with Crippen LogP contribution in [-0.4, -0.2) is 35.2 Å². The number of terminal acetylenes is 1. The second kappa shape index (κ2) is 9.88. The van der Waals surface area contributed by atoms with Crippen molar-refractivity contribution in [3.63, 3.8) is 0 Å². The lowest BCUT2D eigenvalue weighted by molar-refractivity contribution is 0.0962. The molecule has 4 rings (SSSR count). The van der Waals surface area contributed by atoms with E-state index in [2.05, 4.69) is 17.8 Å². The van der Waals surface area contributed by atoms with E-state index in [1.165, 1.54) is 19.9 Å². The SMILES string of the molecule is C#C.CCCOc1cc(F)c([C@H]2c3[nH]c4c(F)cccc4c3CCN2CC(C)(C)F)c(F)c1. The Morgan fingerprint density at radius 1 is 1.12 bits per heavy atom. The first-order valence-electron chi connectivity index (χ1n) is 10.9. The molecular formula is C26H28F4N2O. The van der Waals surface area contributed by atoms with Gasteiger partial charge in [0, 0.05) is 41.9 Å². The maximum atomic E-state index is 15.2. The van der Waals surface area contributed by atoms with Crippen LogP contribution in [0.1, 0.15) is 50.1 Å². The van der Waals surface area contributed by atoms with Gasteiger partial charge in [-0.05, 0) is 38.3 Å². The van der Waals surface area contributed by atoms with Crippen LogP contribution in [-0.2, 0) is 6.42 Å². The Balaban J connectivity index is 0.00000149. The molecule has 0 unspecified atom stereocenters. The Hall–Kier alpha value is -2.98. The van der Waals surface area contributed by atoms with Crippen LogP contribution in [0.2, 0.25) is 0 Å². The number of para-hydroxylation sites is 1. The van der Waals surface area contributed by atoms with Gasteiger partial charge in [0.15, 0.2) is 0 Å². The predicted molar refractivity (Wildman–Crippen MR) is 123 cm³/mol. The molecule has 0 aliphatic carbocycles. The van der Waals surface area contributed by atoms with Crippen LogP contribution in [0, 0.1) is 30.3 Å². The summed E-state index contributed by atoms with van der Waals surface area (Å²) in [4.78, 5) is 4.76. The van der Waals surface area contributed by atoms with E-state index in [9.17, 15) is 8.78 Å². The molecule has 1 aromatic heterocycles. The van der Waals surface area contributed by atoms with Crippen molar-refractivity contribution in [1.82, 2.24) is 9.88 Å². The van der Waals surface area contributed by atoms with Gasteiger partial charge in [-0.1, -0.05) is 19.1 Å². The molecule has 2 aromatic carbocycles. The normalized spacial score (nSPS) is 16.2. The maximum Gasteiger partial charge on any atom is 0.147 e. The number of H-pyrrole nitrogens is 1. The number of aromatic amines is 1. The first-order chi connectivity index (χ1) is 15.7. The Labute approximate surface area is 191 Å². The van der Waals surface area contributed by atoms with Crippen molar-refractivity contribution in [3.05, 3.63) is 64.6 Å². The van der Waals surface area contributed by atoms with E-state index in [4.69, 9.17) is 4.74 Å². The average Bonchev–Trinajstić information content (AvgIpc) is 3.13. The van der Waals surface area contributed by atoms with Crippen LogP contribution in [0.25, 0.3) is 10.9 Å². The fourth-order valence-corrected chi connectivity index (χ4v) is 4.43. The summed E-state index contributed by atoms with van der Waals surface area (Å²) in [5.74, 6) is -1.88. The standard InChI is InChI=1S/C24H26F4N2O.C2H2/c1-4-10-31-14-11-18(26)20(19(27)12-14)23-22-16(8-9-30(23)13-24(2,3)28)15-6-5-7-17(25)21(15)29-22;1-2/h5-7,11-12,23,29H,4,8-10,13H2,1-3H3;1-2H/t23-;/m0./s1. The van der Waals surface area contributed by atoms with E-state index < -0.39 is 29.2 Å². The van der Waals surface area contributed by atoms with Crippen LogP contribution in [0.3, 0.4) is 0 Å². The second-order valence-corrected chi connectivity index (χ2v) is 8.67. The molecule has 0 saturated heterocycles. The van der Waals surface area contributed by atoms with E-state index in [1.807, 2.05) is 6.92 Å². The molecule has 0 saturated carbocycles. The van der Waals surface area contributed by atoms with Gasteiger partial charge >= 0.3 is 0 Å². The lowest BCUT2D eigenvalue weighted by atomic mass is 9.90. The van der Waals surface area contributed by atoms with Crippen LogP contribution in [0.15, 0.2) is 30.3 Å². The number of fused-ring (bicyclic) bond motifs is 3. The molecule has 1 atom stereocenters. The van der Waals surface area contributed by atoms with Gasteiger partial charge in [0.2, 0.25) is 0 Å². The van der Waals surface area contributed by atoms with Gasteiger partial charge < -0.3 is 9.72 Å². The van der Waals surface area contributed by atoms with Crippen LogP contribution >= 0.6 is 0 Å². The molecule has 0 bridgehead atoms. The Morgan fingerprint density at radius 2 is 1.79 bits per heavy atom. The van der Waals surface area contributed by atoms with Gasteiger partial charge in [-0.2, -0.15) is 0 Å². The lowest BCUT2D eigenvalue weighted by Gasteiger charge is -2.38. The Kier molecular flexibility index (Phi) is 7.38. The molecule has 0 radical (unpaired) electrons. The minimum absolute atomic E-state index is 0.0259. The first-order valence-corrected chi connectivity index (χ1v) is 10.9. The quantitative estimate of drug-likeness (QED) is 0.345. The summed E-state index contributed by atoms with van der Waals surface area (Å²) in [6.45, 7) is 5.46. The highest BCUT2D eigenvalue weighted by atomic mass is 19.1. The van der Waals surface area contributed by atoms with Gasteiger partial charge in [-0.3, -0.25) is 4.90 Å². The fraction of sp³-hybridized carbons (Fsp3) is 0.385. The van der Waals surface area contributed by atoms with Crippen molar-refractivity contribution < 1.29 is 22.3 Å². The molecule has 0 fully saturated rings. The summed E-state index contributed by atoms with van der Waals surface area (Å²) in [6, 6.07) is 6.13. The number of halogens is 4. The van der Waals surface area contributed by atoms with Crippen molar-refractivity contribution >= 4 is 10.9 Å². The average molecular weight is 461 g/mol. The predicted octanol–water partition coefficient (Wildman–Crippen LogP) is 6.32. The van der Waals surface area contributed by atoms with Gasteiger partial charge in [-0.25, -0.2) is 17.6 Å². The molecule has 0 amide bonds. The molecule has 3 aromatic rings. The molecule has 1 aliphatic rings. The summed E-state index contributed by atoms with van der Waals surface area (Å²) >= 11 is 0. The van der Waals surface area contributed by atoms with E-state index in [0.717, 1.165) is 17.7 Å². The third kappa shape index (κ3) is 5.01. The van der Waals surface area contributed by atoms with Crippen LogP contribution in [0.5, 0.6) is 5.75 Å².